The van der Waals surface area contributed by atoms with Crippen molar-refractivity contribution in [2.45, 2.75) is 418 Å². The predicted molar refractivity (Wildman–Crippen MR) is 338 cm³/mol. The van der Waals surface area contributed by atoms with Gasteiger partial charge in [-0.2, -0.15) is 0 Å². The van der Waals surface area contributed by atoms with Gasteiger partial charge in [0.1, 0.15) is 0 Å². The van der Waals surface area contributed by atoms with Crippen molar-refractivity contribution in [3.8, 4) is 0 Å². The number of rotatable bonds is 67. The Labute approximate surface area is 482 Å². The molecule has 2 unspecified atom stereocenters. The van der Waals surface area contributed by atoms with Crippen LogP contribution < -0.4 is 5.32 Å². The van der Waals surface area contributed by atoms with E-state index >= 15 is 0 Å². The van der Waals surface area contributed by atoms with E-state index in [9.17, 15) is 19.8 Å². The van der Waals surface area contributed by atoms with Crippen LogP contribution in [0.15, 0.2) is 12.2 Å². The minimum atomic E-state index is -0.663. The molecule has 0 rings (SSSR count). The van der Waals surface area contributed by atoms with Crippen LogP contribution in [0.25, 0.3) is 0 Å². The minimum absolute atomic E-state index is 0.00790. The van der Waals surface area contributed by atoms with Crippen molar-refractivity contribution in [1.29, 1.82) is 0 Å². The smallest absolute Gasteiger partial charge is 0.305 e. The second-order valence-electron chi connectivity index (χ2n) is 24.6. The number of ether oxygens (including phenoxy) is 1. The Morgan fingerprint density at radius 2 is 0.623 bits per heavy atom. The molecule has 0 aliphatic heterocycles. The summed E-state index contributed by atoms with van der Waals surface area (Å²) in [5, 5.41) is 23.4. The van der Waals surface area contributed by atoms with Crippen molar-refractivity contribution in [3.63, 3.8) is 0 Å². The third-order valence-electron chi connectivity index (χ3n) is 16.8. The topological polar surface area (TPSA) is 95.9 Å². The Kier molecular flexibility index (Phi) is 65.9. The average Bonchev–Trinajstić information content (AvgIpc) is 3.43. The molecule has 0 radical (unpaired) electrons. The van der Waals surface area contributed by atoms with Gasteiger partial charge in [-0.25, -0.2) is 0 Å². The predicted octanol–water partition coefficient (Wildman–Crippen LogP) is 22.8. The fraction of sp³-hybridized carbons (Fsp3) is 0.944. The van der Waals surface area contributed by atoms with Crippen molar-refractivity contribution in [2.24, 2.45) is 0 Å². The number of carbonyl (C=O) groups is 2. The number of esters is 1. The van der Waals surface area contributed by atoms with E-state index in [0.717, 1.165) is 44.9 Å². The summed E-state index contributed by atoms with van der Waals surface area (Å²) in [6.45, 7) is 4.96. The molecule has 0 aromatic heterocycles. The summed E-state index contributed by atoms with van der Waals surface area (Å²) in [6, 6.07) is -0.540. The molecular formula is C71H139NO5. The number of carbonyl (C=O) groups excluding carboxylic acids is 2. The Hall–Kier alpha value is -1.40. The summed E-state index contributed by atoms with van der Waals surface area (Å²) in [5.41, 5.74) is 0. The van der Waals surface area contributed by atoms with E-state index < -0.39 is 12.1 Å². The van der Waals surface area contributed by atoms with Crippen LogP contribution in [-0.4, -0.2) is 47.4 Å². The highest BCUT2D eigenvalue weighted by Gasteiger charge is 2.20. The highest BCUT2D eigenvalue weighted by atomic mass is 16.5. The summed E-state index contributed by atoms with van der Waals surface area (Å²) >= 11 is 0. The van der Waals surface area contributed by atoms with Crippen LogP contribution in [0.1, 0.15) is 406 Å². The maximum absolute atomic E-state index is 12.6. The number of aliphatic hydroxyl groups is 2. The van der Waals surface area contributed by atoms with Crippen LogP contribution in [0.2, 0.25) is 0 Å². The third kappa shape index (κ3) is 63.6. The fourth-order valence-electron chi connectivity index (χ4n) is 11.4. The average molecular weight is 1090 g/mol. The maximum Gasteiger partial charge on any atom is 0.305 e. The molecular weight excluding hydrogens is 947 g/mol. The SMILES string of the molecule is CCCC/C=C\CCCCCCCC(=O)OCCCCCCCCCCCCCCCCCCCCCCCCCCCCCC(=O)NC(CO)C(O)CCCCCCCCCCCCCCCCCCCCCCCC. The molecule has 0 saturated carbocycles. The molecule has 458 valence electrons. The van der Waals surface area contributed by atoms with Crippen LogP contribution in [0.5, 0.6) is 0 Å². The van der Waals surface area contributed by atoms with Crippen LogP contribution >= 0.6 is 0 Å². The molecule has 0 aromatic carbocycles. The summed E-state index contributed by atoms with van der Waals surface area (Å²) < 4.78 is 5.47. The van der Waals surface area contributed by atoms with Crippen LogP contribution in [0.4, 0.5) is 0 Å². The summed E-state index contributed by atoms with van der Waals surface area (Å²) in [6.07, 6.45) is 82.6. The molecule has 0 fully saturated rings. The van der Waals surface area contributed by atoms with Crippen molar-refractivity contribution in [3.05, 3.63) is 12.2 Å². The molecule has 0 bridgehead atoms. The van der Waals surface area contributed by atoms with Gasteiger partial charge < -0.3 is 20.3 Å². The molecule has 3 N–H and O–H groups in total. The van der Waals surface area contributed by atoms with E-state index in [4.69, 9.17) is 4.74 Å². The normalized spacial score (nSPS) is 12.5. The van der Waals surface area contributed by atoms with Crippen LogP contribution in [-0.2, 0) is 14.3 Å². The molecule has 0 heterocycles. The lowest BCUT2D eigenvalue weighted by Crippen LogP contribution is -2.45. The Bertz CT molecular complexity index is 1160. The van der Waals surface area contributed by atoms with Gasteiger partial charge in [-0.1, -0.05) is 360 Å². The molecule has 6 heteroatoms. The van der Waals surface area contributed by atoms with Crippen molar-refractivity contribution >= 4 is 11.9 Å². The lowest BCUT2D eigenvalue weighted by molar-refractivity contribution is -0.143. The number of amides is 1. The zero-order valence-electron chi connectivity index (χ0n) is 52.5. The van der Waals surface area contributed by atoms with Crippen molar-refractivity contribution in [2.75, 3.05) is 13.2 Å². The zero-order chi connectivity index (χ0) is 55.7. The zero-order valence-corrected chi connectivity index (χ0v) is 52.5. The molecule has 0 aliphatic rings. The summed E-state index contributed by atoms with van der Waals surface area (Å²) in [7, 11) is 0. The van der Waals surface area contributed by atoms with E-state index in [1.165, 1.54) is 327 Å². The fourth-order valence-corrected chi connectivity index (χ4v) is 11.4. The largest absolute Gasteiger partial charge is 0.466 e. The monoisotopic (exact) mass is 1090 g/mol. The molecule has 0 spiro atoms. The van der Waals surface area contributed by atoms with E-state index in [0.29, 0.717) is 25.9 Å². The van der Waals surface area contributed by atoms with Gasteiger partial charge in [0, 0.05) is 12.8 Å². The second kappa shape index (κ2) is 67.1. The standard InChI is InChI=1S/C71H139NO5/c1-3-5-7-9-11-13-15-16-17-18-19-20-28-31-34-37-40-44-47-51-55-59-63-69(74)68(67-73)72-70(75)64-60-56-52-48-45-41-38-35-32-29-26-24-22-21-23-25-27-30-33-36-39-42-46-50-54-58-62-66-77-71(76)65-61-57-53-49-43-14-12-10-8-6-4-2/h10,12,68-69,73-74H,3-9,11,13-67H2,1-2H3,(H,72,75)/b12-10-. The first-order valence-electron chi connectivity index (χ1n) is 35.4. The quantitative estimate of drug-likeness (QED) is 0.0320. The van der Waals surface area contributed by atoms with Crippen molar-refractivity contribution in [1.82, 2.24) is 5.32 Å². The number of aliphatic hydroxyl groups excluding tert-OH is 2. The Morgan fingerprint density at radius 3 is 0.961 bits per heavy atom. The van der Waals surface area contributed by atoms with E-state index in [-0.39, 0.29) is 18.5 Å². The van der Waals surface area contributed by atoms with E-state index in [1.807, 2.05) is 0 Å². The maximum atomic E-state index is 12.6. The van der Waals surface area contributed by atoms with Gasteiger partial charge in [-0.05, 0) is 44.9 Å². The molecule has 0 aromatic rings. The molecule has 0 aliphatic carbocycles. The highest BCUT2D eigenvalue weighted by molar-refractivity contribution is 5.76. The van der Waals surface area contributed by atoms with Crippen molar-refractivity contribution < 1.29 is 24.5 Å². The molecule has 77 heavy (non-hydrogen) atoms. The Morgan fingerprint density at radius 1 is 0.351 bits per heavy atom. The van der Waals surface area contributed by atoms with Gasteiger partial charge in [0.15, 0.2) is 0 Å². The first-order chi connectivity index (χ1) is 38.0. The van der Waals surface area contributed by atoms with Gasteiger partial charge in [0.05, 0.1) is 25.4 Å². The minimum Gasteiger partial charge on any atom is -0.466 e. The van der Waals surface area contributed by atoms with E-state index in [2.05, 4.69) is 31.3 Å². The van der Waals surface area contributed by atoms with Crippen LogP contribution in [0, 0.1) is 0 Å². The molecule has 1 amide bonds. The van der Waals surface area contributed by atoms with Gasteiger partial charge in [-0.15, -0.1) is 0 Å². The first-order valence-corrected chi connectivity index (χ1v) is 35.4. The number of nitrogens with one attached hydrogen (secondary N) is 1. The molecule has 6 nitrogen and oxygen atoms in total. The third-order valence-corrected chi connectivity index (χ3v) is 16.8. The lowest BCUT2D eigenvalue weighted by atomic mass is 10.0. The Balaban J connectivity index is 3.35. The lowest BCUT2D eigenvalue weighted by Gasteiger charge is -2.22. The molecule has 0 saturated heterocycles. The van der Waals surface area contributed by atoms with Gasteiger partial charge >= 0.3 is 5.97 Å². The number of hydrogen-bond donors (Lipinski definition) is 3. The van der Waals surface area contributed by atoms with E-state index in [1.54, 1.807) is 0 Å². The highest BCUT2D eigenvalue weighted by Crippen LogP contribution is 2.19. The number of allylic oxidation sites excluding steroid dienone is 2. The first kappa shape index (κ1) is 75.6. The molecule has 2 atom stereocenters. The van der Waals surface area contributed by atoms with Gasteiger partial charge in [0.25, 0.3) is 0 Å². The van der Waals surface area contributed by atoms with Crippen LogP contribution in [0.3, 0.4) is 0 Å². The number of hydrogen-bond acceptors (Lipinski definition) is 5. The summed E-state index contributed by atoms with van der Waals surface area (Å²) in [5.74, 6) is -0.0192. The van der Waals surface area contributed by atoms with Gasteiger partial charge in [0.2, 0.25) is 5.91 Å². The second-order valence-corrected chi connectivity index (χ2v) is 24.6. The van der Waals surface area contributed by atoms with Gasteiger partial charge in [-0.3, -0.25) is 9.59 Å². The summed E-state index contributed by atoms with van der Waals surface area (Å²) in [4.78, 5) is 24.6. The number of unbranched alkanes of at least 4 members (excludes halogenated alkanes) is 54.